The van der Waals surface area contributed by atoms with Crippen LogP contribution < -0.4 is 19.7 Å². The Kier molecular flexibility index (Phi) is 8.45. The van der Waals surface area contributed by atoms with Crippen LogP contribution in [0.1, 0.15) is 28.0 Å². The maximum Gasteiger partial charge on any atom is 0.339 e. The molecular formula is C24H21N5O7S2. The second kappa shape index (κ2) is 12.1. The molecular weight excluding hydrogens is 534 g/mol. The van der Waals surface area contributed by atoms with Gasteiger partial charge in [0.1, 0.15) is 9.90 Å². The predicted octanol–water partition coefficient (Wildman–Crippen LogP) is 3.24. The number of anilines is 1. The molecule has 196 valence electrons. The van der Waals surface area contributed by atoms with Crippen molar-refractivity contribution >= 4 is 44.6 Å². The Morgan fingerprint density at radius 2 is 1.89 bits per heavy atom. The maximum atomic E-state index is 12.6. The summed E-state index contributed by atoms with van der Waals surface area (Å²) >= 11 is 1.04. The van der Waals surface area contributed by atoms with Crippen molar-refractivity contribution < 1.29 is 31.3 Å². The van der Waals surface area contributed by atoms with Gasteiger partial charge in [-0.1, -0.05) is 29.5 Å². The largest absolute Gasteiger partial charge is 0.490 e. The Hall–Kier alpha value is -4.56. The van der Waals surface area contributed by atoms with Crippen molar-refractivity contribution in [1.29, 1.82) is 0 Å². The number of hydrogen-bond acceptors (Lipinski definition) is 11. The molecule has 12 nitrogen and oxygen atoms in total. The number of carbonyl (C=O) groups is 2. The lowest BCUT2D eigenvalue weighted by molar-refractivity contribution is -0.120. The molecule has 0 unspecified atom stereocenters. The average Bonchev–Trinajstić information content (AvgIpc) is 3.59. The molecule has 38 heavy (non-hydrogen) atoms. The SMILES string of the molecule is CCOc1cc(/C=N/NC(=O)Cc2nnc(NC(=O)c3ccco3)s2)ccc1OS(=O)(=O)c1ccccc1. The molecule has 0 aliphatic heterocycles. The topological polar surface area (TPSA) is 162 Å². The van der Waals surface area contributed by atoms with Crippen LogP contribution in [-0.4, -0.2) is 43.3 Å². The van der Waals surface area contributed by atoms with Crippen molar-refractivity contribution in [1.82, 2.24) is 15.6 Å². The van der Waals surface area contributed by atoms with Crippen molar-refractivity contribution in [3.63, 3.8) is 0 Å². The van der Waals surface area contributed by atoms with Gasteiger partial charge in [0.25, 0.3) is 5.91 Å². The highest BCUT2D eigenvalue weighted by Crippen LogP contribution is 2.31. The van der Waals surface area contributed by atoms with E-state index >= 15 is 0 Å². The van der Waals surface area contributed by atoms with E-state index in [1.807, 2.05) is 0 Å². The number of hydrazone groups is 1. The summed E-state index contributed by atoms with van der Waals surface area (Å²) in [5, 5.41) is 14.8. The summed E-state index contributed by atoms with van der Waals surface area (Å²) in [6.45, 7) is 2.02. The number of aromatic nitrogens is 2. The van der Waals surface area contributed by atoms with Crippen LogP contribution >= 0.6 is 11.3 Å². The van der Waals surface area contributed by atoms with E-state index in [0.717, 1.165) is 11.3 Å². The van der Waals surface area contributed by atoms with Gasteiger partial charge >= 0.3 is 10.1 Å². The van der Waals surface area contributed by atoms with Gasteiger partial charge in [-0.15, -0.1) is 10.2 Å². The number of amides is 2. The Balaban J connectivity index is 1.34. The molecule has 0 saturated carbocycles. The minimum absolute atomic E-state index is 0.0123. The molecule has 2 aromatic heterocycles. The fourth-order valence-electron chi connectivity index (χ4n) is 2.99. The Labute approximate surface area is 221 Å². The highest BCUT2D eigenvalue weighted by Gasteiger charge is 2.19. The molecule has 0 spiro atoms. The highest BCUT2D eigenvalue weighted by atomic mass is 32.2. The van der Waals surface area contributed by atoms with Crippen LogP contribution in [0.2, 0.25) is 0 Å². The van der Waals surface area contributed by atoms with E-state index in [-0.39, 0.29) is 40.3 Å². The van der Waals surface area contributed by atoms with E-state index in [2.05, 4.69) is 26.0 Å². The molecule has 14 heteroatoms. The molecule has 2 amide bonds. The molecule has 0 aliphatic rings. The number of nitrogens with zero attached hydrogens (tertiary/aromatic N) is 3. The molecule has 2 heterocycles. The third-order valence-electron chi connectivity index (χ3n) is 4.65. The lowest BCUT2D eigenvalue weighted by Gasteiger charge is -2.12. The van der Waals surface area contributed by atoms with E-state index < -0.39 is 21.9 Å². The fraction of sp³-hybridized carbons (Fsp3) is 0.125. The first kappa shape index (κ1) is 26.5. The zero-order chi connectivity index (χ0) is 27.0. The smallest absolute Gasteiger partial charge is 0.339 e. The lowest BCUT2D eigenvalue weighted by atomic mass is 10.2. The van der Waals surface area contributed by atoms with Gasteiger partial charge in [0.2, 0.25) is 11.0 Å². The van der Waals surface area contributed by atoms with Crippen molar-refractivity contribution in [3.8, 4) is 11.5 Å². The van der Waals surface area contributed by atoms with Gasteiger partial charge in [0.15, 0.2) is 17.3 Å². The van der Waals surface area contributed by atoms with Crippen LogP contribution in [0.5, 0.6) is 11.5 Å². The summed E-state index contributed by atoms with van der Waals surface area (Å²) in [4.78, 5) is 24.2. The van der Waals surface area contributed by atoms with Gasteiger partial charge in [-0.2, -0.15) is 13.5 Å². The number of benzene rings is 2. The van der Waals surface area contributed by atoms with Gasteiger partial charge in [-0.25, -0.2) is 5.43 Å². The lowest BCUT2D eigenvalue weighted by Crippen LogP contribution is -2.19. The molecule has 0 aliphatic carbocycles. The zero-order valence-corrected chi connectivity index (χ0v) is 21.5. The molecule has 0 saturated heterocycles. The summed E-state index contributed by atoms with van der Waals surface area (Å²) < 4.78 is 40.9. The first-order valence-corrected chi connectivity index (χ1v) is 13.3. The van der Waals surface area contributed by atoms with Crippen LogP contribution in [-0.2, 0) is 21.3 Å². The average molecular weight is 556 g/mol. The summed E-state index contributed by atoms with van der Waals surface area (Å²) in [5.41, 5.74) is 2.90. The number of carbonyl (C=O) groups excluding carboxylic acids is 2. The molecule has 0 bridgehead atoms. The van der Waals surface area contributed by atoms with Crippen molar-refractivity contribution in [2.24, 2.45) is 5.10 Å². The number of furan rings is 1. The van der Waals surface area contributed by atoms with E-state index in [1.54, 1.807) is 37.3 Å². The highest BCUT2D eigenvalue weighted by molar-refractivity contribution is 7.87. The second-order valence-electron chi connectivity index (χ2n) is 7.39. The van der Waals surface area contributed by atoms with Crippen LogP contribution in [0.4, 0.5) is 5.13 Å². The minimum Gasteiger partial charge on any atom is -0.490 e. The molecule has 4 aromatic rings. The Morgan fingerprint density at radius 3 is 2.63 bits per heavy atom. The minimum atomic E-state index is -4.05. The van der Waals surface area contributed by atoms with Gasteiger partial charge < -0.3 is 13.3 Å². The van der Waals surface area contributed by atoms with Gasteiger partial charge in [0.05, 0.1) is 25.5 Å². The Bertz CT molecular complexity index is 1540. The number of hydrogen-bond donors (Lipinski definition) is 2. The molecule has 2 N–H and O–H groups in total. The fourth-order valence-corrected chi connectivity index (χ4v) is 4.69. The third-order valence-corrected chi connectivity index (χ3v) is 6.73. The maximum absolute atomic E-state index is 12.6. The van der Waals surface area contributed by atoms with Gasteiger partial charge in [0, 0.05) is 0 Å². The first-order valence-electron chi connectivity index (χ1n) is 11.1. The van der Waals surface area contributed by atoms with E-state index in [9.17, 15) is 18.0 Å². The number of ether oxygens (including phenoxy) is 1. The zero-order valence-electron chi connectivity index (χ0n) is 19.9. The molecule has 0 atom stereocenters. The van der Waals surface area contributed by atoms with Crippen molar-refractivity contribution in [2.45, 2.75) is 18.2 Å². The molecule has 2 aromatic carbocycles. The van der Waals surface area contributed by atoms with Gasteiger partial charge in [-0.05, 0) is 55.0 Å². The van der Waals surface area contributed by atoms with E-state index in [1.165, 1.54) is 42.8 Å². The molecule has 0 fully saturated rings. The molecule has 0 radical (unpaired) electrons. The number of nitrogens with one attached hydrogen (secondary N) is 2. The standard InChI is InChI=1S/C24H21N5O7S2/c1-2-34-20-13-16(10-11-18(20)36-38(32,33)17-7-4-3-5-8-17)15-25-27-21(30)14-22-28-29-24(37-22)26-23(31)19-9-6-12-35-19/h3-13,15H,2,14H2,1H3,(H,27,30)(H,26,29,31)/b25-15+. The monoisotopic (exact) mass is 555 g/mol. The third kappa shape index (κ3) is 7.02. The molecule has 4 rings (SSSR count). The van der Waals surface area contributed by atoms with Crippen LogP contribution in [0.25, 0.3) is 0 Å². The summed E-state index contributed by atoms with van der Waals surface area (Å²) in [5.74, 6) is -0.602. The van der Waals surface area contributed by atoms with Gasteiger partial charge in [-0.3, -0.25) is 14.9 Å². The summed E-state index contributed by atoms with van der Waals surface area (Å²) in [6, 6.07) is 15.4. The van der Waals surface area contributed by atoms with Crippen LogP contribution in [0.15, 0.2) is 81.3 Å². The summed E-state index contributed by atoms with van der Waals surface area (Å²) in [7, 11) is -4.05. The van der Waals surface area contributed by atoms with E-state index in [0.29, 0.717) is 10.6 Å². The van der Waals surface area contributed by atoms with E-state index in [4.69, 9.17) is 13.3 Å². The second-order valence-corrected chi connectivity index (χ2v) is 10.0. The first-order chi connectivity index (χ1) is 18.3. The van der Waals surface area contributed by atoms with Crippen molar-refractivity contribution in [3.05, 3.63) is 83.3 Å². The Morgan fingerprint density at radius 1 is 1.08 bits per heavy atom. The van der Waals surface area contributed by atoms with Crippen molar-refractivity contribution in [2.75, 3.05) is 11.9 Å². The number of rotatable bonds is 11. The normalized spacial score (nSPS) is 11.3. The van der Waals surface area contributed by atoms with Crippen LogP contribution in [0, 0.1) is 0 Å². The quantitative estimate of drug-likeness (QED) is 0.161. The summed E-state index contributed by atoms with van der Waals surface area (Å²) in [6.07, 6.45) is 2.63. The predicted molar refractivity (Wildman–Crippen MR) is 138 cm³/mol. The van der Waals surface area contributed by atoms with Crippen LogP contribution in [0.3, 0.4) is 0 Å².